The van der Waals surface area contributed by atoms with Crippen molar-refractivity contribution in [1.29, 1.82) is 0 Å². The second kappa shape index (κ2) is 6.60. The fraction of sp³-hybridized carbons (Fsp3) is 0.400. The molecule has 0 saturated carbocycles. The summed E-state index contributed by atoms with van der Waals surface area (Å²) < 4.78 is -0.490. The van der Waals surface area contributed by atoms with Crippen LogP contribution in [0.15, 0.2) is 24.3 Å². The van der Waals surface area contributed by atoms with Gasteiger partial charge >= 0.3 is 0 Å². The molecule has 2 heterocycles. The molecule has 0 radical (unpaired) electrons. The van der Waals surface area contributed by atoms with E-state index in [1.807, 2.05) is 38.1 Å². The second-order valence-electron chi connectivity index (χ2n) is 6.00. The summed E-state index contributed by atoms with van der Waals surface area (Å²) in [5, 5.41) is 19.4. The van der Waals surface area contributed by atoms with Crippen molar-refractivity contribution in [2.24, 2.45) is 0 Å². The van der Waals surface area contributed by atoms with E-state index in [0.717, 1.165) is 11.1 Å². The van der Waals surface area contributed by atoms with Gasteiger partial charge in [0.15, 0.2) is 0 Å². The molecule has 8 nitrogen and oxygen atoms in total. The van der Waals surface area contributed by atoms with E-state index < -0.39 is 10.8 Å². The van der Waals surface area contributed by atoms with Gasteiger partial charge in [-0.15, -0.1) is 22.0 Å². The van der Waals surface area contributed by atoms with Gasteiger partial charge in [-0.1, -0.05) is 18.2 Å². The second-order valence-corrected chi connectivity index (χ2v) is 7.64. The Balaban J connectivity index is 1.59. The van der Waals surface area contributed by atoms with Crippen LogP contribution in [0.4, 0.5) is 0 Å². The number of benzene rings is 1. The summed E-state index contributed by atoms with van der Waals surface area (Å²) in [7, 11) is 0. The first-order valence-corrected chi connectivity index (χ1v) is 8.50. The van der Waals surface area contributed by atoms with Crippen LogP contribution in [0.25, 0.3) is 11.4 Å². The molecular weight excluding hydrogens is 328 g/mol. The monoisotopic (exact) mass is 346 g/mol. The number of thioether (sulfide) groups is 1. The van der Waals surface area contributed by atoms with Gasteiger partial charge < -0.3 is 10.6 Å². The summed E-state index contributed by atoms with van der Waals surface area (Å²) >= 11 is 1.49. The van der Waals surface area contributed by atoms with Gasteiger partial charge in [0.1, 0.15) is 6.04 Å². The predicted octanol–water partition coefficient (Wildman–Crippen LogP) is 0.493. The number of carbonyl (C=O) groups excluding carboxylic acids is 2. The molecule has 2 aromatic rings. The Hall–Kier alpha value is -2.42. The maximum Gasteiger partial charge on any atom is 0.243 e. The SMILES string of the molecule is CC1(C)SCC(C(=O)NCc2cccc(-c3nn[nH]n3)c2)NC1=O. The van der Waals surface area contributed by atoms with E-state index in [0.29, 0.717) is 18.1 Å². The number of nitrogens with zero attached hydrogens (tertiary/aromatic N) is 3. The molecule has 0 aliphatic carbocycles. The number of hydrogen-bond donors (Lipinski definition) is 3. The van der Waals surface area contributed by atoms with Crippen LogP contribution in [0.1, 0.15) is 19.4 Å². The van der Waals surface area contributed by atoms with E-state index in [9.17, 15) is 9.59 Å². The van der Waals surface area contributed by atoms with Crippen LogP contribution >= 0.6 is 11.8 Å². The van der Waals surface area contributed by atoms with Crippen molar-refractivity contribution in [3.8, 4) is 11.4 Å². The minimum Gasteiger partial charge on any atom is -0.350 e. The van der Waals surface area contributed by atoms with Crippen molar-refractivity contribution in [3.05, 3.63) is 29.8 Å². The fourth-order valence-corrected chi connectivity index (χ4v) is 3.30. The third-order valence-corrected chi connectivity index (χ3v) is 5.18. The number of hydrogen-bond acceptors (Lipinski definition) is 6. The van der Waals surface area contributed by atoms with Crippen molar-refractivity contribution in [2.45, 2.75) is 31.2 Å². The molecule has 1 saturated heterocycles. The van der Waals surface area contributed by atoms with Crippen LogP contribution in [-0.2, 0) is 16.1 Å². The van der Waals surface area contributed by atoms with Gasteiger partial charge in [0, 0.05) is 17.9 Å². The first-order chi connectivity index (χ1) is 11.5. The summed E-state index contributed by atoms with van der Waals surface area (Å²) in [4.78, 5) is 24.2. The third kappa shape index (κ3) is 3.56. The maximum absolute atomic E-state index is 12.3. The van der Waals surface area contributed by atoms with Gasteiger partial charge in [-0.05, 0) is 30.7 Å². The number of aromatic nitrogens is 4. The molecule has 1 aromatic heterocycles. The molecular formula is C15H18N6O2S. The highest BCUT2D eigenvalue weighted by Crippen LogP contribution is 2.29. The standard InChI is InChI=1S/C15H18N6O2S/c1-15(2)14(23)17-11(8-24-15)13(22)16-7-9-4-3-5-10(6-9)12-18-20-21-19-12/h3-6,11H,7-8H2,1-2H3,(H,16,22)(H,17,23)(H,18,19,20,21). The highest BCUT2D eigenvalue weighted by molar-refractivity contribution is 8.01. The highest BCUT2D eigenvalue weighted by Gasteiger charge is 2.37. The lowest BCUT2D eigenvalue weighted by Crippen LogP contribution is -2.57. The number of H-pyrrole nitrogens is 1. The molecule has 2 amide bonds. The largest absolute Gasteiger partial charge is 0.350 e. The molecule has 1 aliphatic heterocycles. The minimum absolute atomic E-state index is 0.113. The van der Waals surface area contributed by atoms with Crippen LogP contribution in [0.3, 0.4) is 0 Å². The summed E-state index contributed by atoms with van der Waals surface area (Å²) in [6.45, 7) is 4.07. The van der Waals surface area contributed by atoms with Gasteiger partial charge in [0.05, 0.1) is 4.75 Å². The van der Waals surface area contributed by atoms with Crippen molar-refractivity contribution >= 4 is 23.6 Å². The zero-order valence-electron chi connectivity index (χ0n) is 13.4. The van der Waals surface area contributed by atoms with E-state index in [-0.39, 0.29) is 11.8 Å². The Kier molecular flexibility index (Phi) is 4.52. The summed E-state index contributed by atoms with van der Waals surface area (Å²) in [6.07, 6.45) is 0. The Bertz CT molecular complexity index is 746. The Morgan fingerprint density at radius 1 is 1.46 bits per heavy atom. The molecule has 24 heavy (non-hydrogen) atoms. The smallest absolute Gasteiger partial charge is 0.243 e. The number of tetrazole rings is 1. The van der Waals surface area contributed by atoms with Gasteiger partial charge in [0.2, 0.25) is 17.6 Å². The first kappa shape index (κ1) is 16.4. The van der Waals surface area contributed by atoms with Crippen LogP contribution in [-0.4, -0.2) is 49.0 Å². The van der Waals surface area contributed by atoms with Gasteiger partial charge in [-0.3, -0.25) is 9.59 Å². The van der Waals surface area contributed by atoms with E-state index in [2.05, 4.69) is 31.3 Å². The first-order valence-electron chi connectivity index (χ1n) is 7.51. The number of amides is 2. The predicted molar refractivity (Wildman–Crippen MR) is 89.9 cm³/mol. The van der Waals surface area contributed by atoms with Crippen LogP contribution in [0.2, 0.25) is 0 Å². The maximum atomic E-state index is 12.3. The number of aromatic amines is 1. The van der Waals surface area contributed by atoms with Crippen LogP contribution < -0.4 is 10.6 Å². The van der Waals surface area contributed by atoms with Crippen molar-refractivity contribution in [3.63, 3.8) is 0 Å². The Morgan fingerprint density at radius 2 is 2.29 bits per heavy atom. The van der Waals surface area contributed by atoms with Crippen molar-refractivity contribution in [1.82, 2.24) is 31.3 Å². The molecule has 1 unspecified atom stereocenters. The number of carbonyl (C=O) groups is 2. The Labute approximate surface area is 143 Å². The lowest BCUT2D eigenvalue weighted by molar-refractivity contribution is -0.129. The van der Waals surface area contributed by atoms with Gasteiger partial charge in [0.25, 0.3) is 0 Å². The lowest BCUT2D eigenvalue weighted by atomic mass is 10.1. The van der Waals surface area contributed by atoms with Gasteiger partial charge in [-0.2, -0.15) is 5.21 Å². The topological polar surface area (TPSA) is 113 Å². The molecule has 1 aromatic carbocycles. The van der Waals surface area contributed by atoms with Crippen molar-refractivity contribution < 1.29 is 9.59 Å². The van der Waals surface area contributed by atoms with E-state index in [1.54, 1.807) is 0 Å². The minimum atomic E-state index is -0.504. The molecule has 3 rings (SSSR count). The molecule has 1 atom stereocenters. The quantitative estimate of drug-likeness (QED) is 0.743. The average Bonchev–Trinajstić information content (AvgIpc) is 3.10. The molecule has 0 spiro atoms. The highest BCUT2D eigenvalue weighted by atomic mass is 32.2. The zero-order valence-corrected chi connectivity index (χ0v) is 14.2. The summed E-state index contributed by atoms with van der Waals surface area (Å²) in [5.74, 6) is 0.767. The van der Waals surface area contributed by atoms with Crippen LogP contribution in [0, 0.1) is 0 Å². The molecule has 1 fully saturated rings. The number of rotatable bonds is 4. The third-order valence-electron chi connectivity index (χ3n) is 3.78. The van der Waals surface area contributed by atoms with Crippen molar-refractivity contribution in [2.75, 3.05) is 5.75 Å². The van der Waals surface area contributed by atoms with E-state index in [4.69, 9.17) is 0 Å². The molecule has 3 N–H and O–H groups in total. The molecule has 9 heteroatoms. The number of nitrogens with one attached hydrogen (secondary N) is 3. The van der Waals surface area contributed by atoms with Gasteiger partial charge in [-0.25, -0.2) is 0 Å². The van der Waals surface area contributed by atoms with E-state index in [1.165, 1.54) is 11.8 Å². The Morgan fingerprint density at radius 3 is 3.00 bits per heavy atom. The fourth-order valence-electron chi connectivity index (χ4n) is 2.29. The molecule has 126 valence electrons. The summed E-state index contributed by atoms with van der Waals surface area (Å²) in [5.41, 5.74) is 1.74. The lowest BCUT2D eigenvalue weighted by Gasteiger charge is -2.32. The molecule has 1 aliphatic rings. The van der Waals surface area contributed by atoms with E-state index >= 15 is 0 Å². The average molecular weight is 346 g/mol. The molecule has 0 bridgehead atoms. The zero-order chi connectivity index (χ0) is 17.2. The summed E-state index contributed by atoms with van der Waals surface area (Å²) in [6, 6.07) is 7.03. The normalized spacial score (nSPS) is 19.6. The van der Waals surface area contributed by atoms with Crippen LogP contribution in [0.5, 0.6) is 0 Å².